The van der Waals surface area contributed by atoms with Crippen LogP contribution in [0.2, 0.25) is 0 Å². The molecule has 28 heavy (non-hydrogen) atoms. The molecule has 0 radical (unpaired) electrons. The molecule has 0 aliphatic rings. The largest absolute Gasteiger partial charge is 0.496 e. The van der Waals surface area contributed by atoms with E-state index in [9.17, 15) is 4.79 Å². The fraction of sp³-hybridized carbons (Fsp3) is 0.0909. The second-order valence-corrected chi connectivity index (χ2v) is 7.12. The van der Waals surface area contributed by atoms with E-state index >= 15 is 0 Å². The minimum atomic E-state index is -0.164. The topological polar surface area (TPSA) is 64.2 Å². The number of aromatic nitrogens is 2. The highest BCUT2D eigenvalue weighted by molar-refractivity contribution is 9.10. The third-order valence-corrected chi connectivity index (χ3v) is 4.85. The Labute approximate surface area is 170 Å². The van der Waals surface area contributed by atoms with Gasteiger partial charge in [0.2, 0.25) is 0 Å². The highest BCUT2D eigenvalue weighted by atomic mass is 79.9. The molecule has 0 saturated heterocycles. The van der Waals surface area contributed by atoms with Crippen molar-refractivity contribution >= 4 is 26.8 Å². The Bertz CT molecular complexity index is 1200. The van der Waals surface area contributed by atoms with E-state index in [-0.39, 0.29) is 5.56 Å². The molecule has 0 bridgehead atoms. The average molecular weight is 437 g/mol. The van der Waals surface area contributed by atoms with Crippen molar-refractivity contribution in [2.45, 2.75) is 6.61 Å². The number of hydrogen-bond acceptors (Lipinski definition) is 4. The molecule has 0 spiro atoms. The van der Waals surface area contributed by atoms with Crippen LogP contribution in [-0.4, -0.2) is 17.1 Å². The van der Waals surface area contributed by atoms with Crippen molar-refractivity contribution in [3.8, 4) is 22.9 Å². The number of nitrogens with zero attached hydrogens (tertiary/aromatic N) is 1. The summed E-state index contributed by atoms with van der Waals surface area (Å²) in [6, 6.07) is 20.6. The summed E-state index contributed by atoms with van der Waals surface area (Å²) in [5.41, 5.74) is 2.14. The smallest absolute Gasteiger partial charge is 0.259 e. The van der Waals surface area contributed by atoms with Gasteiger partial charge in [-0.3, -0.25) is 4.79 Å². The van der Waals surface area contributed by atoms with E-state index in [1.54, 1.807) is 13.2 Å². The van der Waals surface area contributed by atoms with E-state index in [1.165, 1.54) is 0 Å². The number of ether oxygens (including phenoxy) is 2. The molecule has 5 nitrogen and oxygen atoms in total. The number of para-hydroxylation sites is 1. The Morgan fingerprint density at radius 1 is 1.04 bits per heavy atom. The Morgan fingerprint density at radius 2 is 1.89 bits per heavy atom. The summed E-state index contributed by atoms with van der Waals surface area (Å²) in [6.45, 7) is 0.325. The molecule has 0 aliphatic heterocycles. The summed E-state index contributed by atoms with van der Waals surface area (Å²) >= 11 is 3.44. The molecule has 3 aromatic carbocycles. The van der Waals surface area contributed by atoms with Crippen LogP contribution in [0.1, 0.15) is 5.56 Å². The average Bonchev–Trinajstić information content (AvgIpc) is 2.72. The lowest BCUT2D eigenvalue weighted by molar-refractivity contribution is 0.296. The van der Waals surface area contributed by atoms with Crippen LogP contribution in [0.15, 0.2) is 76.0 Å². The third kappa shape index (κ3) is 3.77. The van der Waals surface area contributed by atoms with E-state index in [0.717, 1.165) is 21.3 Å². The summed E-state index contributed by atoms with van der Waals surface area (Å²) in [5, 5.41) is 0.568. The standard InChI is InChI=1S/C22H17BrN2O3/c1-27-20-10-9-14(11-15(20)13-28-17-6-4-5-16(23)12-17)21-24-19-8-3-2-7-18(19)22(26)25-21/h2-12H,13H2,1H3,(H,24,25,26). The van der Waals surface area contributed by atoms with E-state index < -0.39 is 0 Å². The number of H-pyrrole nitrogens is 1. The maximum Gasteiger partial charge on any atom is 0.259 e. The third-order valence-electron chi connectivity index (χ3n) is 4.36. The van der Waals surface area contributed by atoms with Gasteiger partial charge in [0.05, 0.1) is 18.0 Å². The zero-order valence-electron chi connectivity index (χ0n) is 15.1. The summed E-state index contributed by atoms with van der Waals surface area (Å²) in [5.74, 6) is 1.97. The molecule has 0 aliphatic carbocycles. The quantitative estimate of drug-likeness (QED) is 0.481. The normalized spacial score (nSPS) is 10.8. The highest BCUT2D eigenvalue weighted by Crippen LogP contribution is 2.27. The molecule has 0 saturated carbocycles. The van der Waals surface area contributed by atoms with Gasteiger partial charge in [0.1, 0.15) is 23.9 Å². The van der Waals surface area contributed by atoms with Gasteiger partial charge in [-0.25, -0.2) is 4.98 Å². The summed E-state index contributed by atoms with van der Waals surface area (Å²) in [4.78, 5) is 19.8. The van der Waals surface area contributed by atoms with Crippen molar-refractivity contribution < 1.29 is 9.47 Å². The summed E-state index contributed by atoms with van der Waals surface area (Å²) in [7, 11) is 1.62. The molecule has 6 heteroatoms. The van der Waals surface area contributed by atoms with Gasteiger partial charge in [0, 0.05) is 15.6 Å². The van der Waals surface area contributed by atoms with Gasteiger partial charge in [-0.05, 0) is 48.5 Å². The monoisotopic (exact) mass is 436 g/mol. The number of rotatable bonds is 5. The van der Waals surface area contributed by atoms with Gasteiger partial charge >= 0.3 is 0 Å². The Morgan fingerprint density at radius 3 is 2.71 bits per heavy atom. The van der Waals surface area contributed by atoms with Crippen molar-refractivity contribution in [2.75, 3.05) is 7.11 Å². The first-order chi connectivity index (χ1) is 13.6. The highest BCUT2D eigenvalue weighted by Gasteiger charge is 2.10. The molecular formula is C22H17BrN2O3. The number of benzene rings is 3. The van der Waals surface area contributed by atoms with Gasteiger partial charge in [-0.2, -0.15) is 0 Å². The molecule has 4 aromatic rings. The summed E-state index contributed by atoms with van der Waals surface area (Å²) in [6.07, 6.45) is 0. The van der Waals surface area contributed by atoms with Crippen molar-refractivity contribution in [1.82, 2.24) is 9.97 Å². The number of aromatic amines is 1. The minimum absolute atomic E-state index is 0.164. The molecule has 0 unspecified atom stereocenters. The van der Waals surface area contributed by atoms with Crippen LogP contribution in [-0.2, 0) is 6.61 Å². The van der Waals surface area contributed by atoms with Crippen LogP contribution >= 0.6 is 15.9 Å². The van der Waals surface area contributed by atoms with E-state index in [1.807, 2.05) is 60.7 Å². The molecule has 4 rings (SSSR count). The number of methoxy groups -OCH3 is 1. The van der Waals surface area contributed by atoms with Crippen molar-refractivity contribution in [2.24, 2.45) is 0 Å². The second kappa shape index (κ2) is 7.86. The Kier molecular flexibility index (Phi) is 5.12. The van der Waals surface area contributed by atoms with Crippen LogP contribution < -0.4 is 15.0 Å². The second-order valence-electron chi connectivity index (χ2n) is 6.20. The number of hydrogen-bond donors (Lipinski definition) is 1. The zero-order valence-corrected chi connectivity index (χ0v) is 16.7. The number of fused-ring (bicyclic) bond motifs is 1. The lowest BCUT2D eigenvalue weighted by Crippen LogP contribution is -2.09. The van der Waals surface area contributed by atoms with E-state index in [0.29, 0.717) is 29.1 Å². The van der Waals surface area contributed by atoms with Crippen molar-refractivity contribution in [3.63, 3.8) is 0 Å². The molecule has 0 atom stereocenters. The predicted molar refractivity (Wildman–Crippen MR) is 113 cm³/mol. The fourth-order valence-electron chi connectivity index (χ4n) is 2.98. The van der Waals surface area contributed by atoms with Crippen LogP contribution in [0, 0.1) is 0 Å². The van der Waals surface area contributed by atoms with Gasteiger partial charge in [-0.1, -0.05) is 34.1 Å². The maximum absolute atomic E-state index is 12.4. The molecular weight excluding hydrogens is 420 g/mol. The minimum Gasteiger partial charge on any atom is -0.496 e. The zero-order chi connectivity index (χ0) is 19.5. The van der Waals surface area contributed by atoms with Gasteiger partial charge in [-0.15, -0.1) is 0 Å². The van der Waals surface area contributed by atoms with Crippen molar-refractivity contribution in [1.29, 1.82) is 0 Å². The first kappa shape index (κ1) is 18.3. The van der Waals surface area contributed by atoms with E-state index in [4.69, 9.17) is 9.47 Å². The Balaban J connectivity index is 1.69. The molecule has 0 amide bonds. The maximum atomic E-state index is 12.4. The molecule has 0 fully saturated rings. The Hall–Kier alpha value is -3.12. The molecule has 140 valence electrons. The summed E-state index contributed by atoms with van der Waals surface area (Å²) < 4.78 is 12.3. The van der Waals surface area contributed by atoms with Crippen LogP contribution in [0.4, 0.5) is 0 Å². The van der Waals surface area contributed by atoms with Gasteiger partial charge in [0.25, 0.3) is 5.56 Å². The van der Waals surface area contributed by atoms with Crippen LogP contribution in [0.3, 0.4) is 0 Å². The lowest BCUT2D eigenvalue weighted by Gasteiger charge is -2.12. The molecule has 1 N–H and O–H groups in total. The van der Waals surface area contributed by atoms with Gasteiger partial charge < -0.3 is 14.5 Å². The SMILES string of the molecule is COc1ccc(-c2nc3ccccc3c(=O)[nH]2)cc1COc1cccc(Br)c1. The van der Waals surface area contributed by atoms with E-state index in [2.05, 4.69) is 25.9 Å². The first-order valence-corrected chi connectivity index (χ1v) is 9.48. The first-order valence-electron chi connectivity index (χ1n) is 8.69. The van der Waals surface area contributed by atoms with Crippen molar-refractivity contribution in [3.05, 3.63) is 87.1 Å². The number of nitrogens with one attached hydrogen (secondary N) is 1. The van der Waals surface area contributed by atoms with Gasteiger partial charge in [0.15, 0.2) is 0 Å². The lowest BCUT2D eigenvalue weighted by atomic mass is 10.1. The fourth-order valence-corrected chi connectivity index (χ4v) is 3.36. The molecule has 1 heterocycles. The van der Waals surface area contributed by atoms with Crippen LogP contribution in [0.5, 0.6) is 11.5 Å². The number of halogens is 1. The molecule has 1 aromatic heterocycles. The predicted octanol–water partition coefficient (Wildman–Crippen LogP) is 4.94. The van der Waals surface area contributed by atoms with Crippen LogP contribution in [0.25, 0.3) is 22.3 Å².